The van der Waals surface area contributed by atoms with E-state index in [4.69, 9.17) is 5.11 Å². The molecule has 88 valence electrons. The average Bonchev–Trinajstić information content (AvgIpc) is 2.44. The Hall–Kier alpha value is -0.620. The van der Waals surface area contributed by atoms with Gasteiger partial charge in [0.15, 0.2) is 9.84 Å². The van der Waals surface area contributed by atoms with Crippen LogP contribution in [0, 0.1) is 0 Å². The van der Waals surface area contributed by atoms with Crippen LogP contribution in [0.15, 0.2) is 0 Å². The van der Waals surface area contributed by atoms with Gasteiger partial charge in [-0.25, -0.2) is 8.42 Å². The molecule has 0 aliphatic carbocycles. The molecule has 15 heavy (non-hydrogen) atoms. The van der Waals surface area contributed by atoms with Crippen LogP contribution in [-0.4, -0.2) is 54.5 Å². The monoisotopic (exact) mass is 235 g/mol. The lowest BCUT2D eigenvalue weighted by Crippen LogP contribution is -2.53. The maximum atomic E-state index is 11.3. The summed E-state index contributed by atoms with van der Waals surface area (Å²) in [5.74, 6) is -0.702. The lowest BCUT2D eigenvalue weighted by atomic mass is 10.0. The second-order valence-corrected chi connectivity index (χ2v) is 6.76. The molecule has 1 saturated heterocycles. The third kappa shape index (κ3) is 2.49. The molecule has 0 aromatic rings. The minimum atomic E-state index is -2.96. The lowest BCUT2D eigenvalue weighted by molar-refractivity contribution is -0.149. The molecule has 1 fully saturated rings. The zero-order chi connectivity index (χ0) is 11.9. The van der Waals surface area contributed by atoms with Crippen LogP contribution >= 0.6 is 0 Å². The van der Waals surface area contributed by atoms with Crippen molar-refractivity contribution in [2.75, 3.05) is 18.6 Å². The number of carboxylic acid groups (broad SMARTS) is 1. The largest absolute Gasteiger partial charge is 0.480 e. The number of rotatable bonds is 3. The fourth-order valence-electron chi connectivity index (χ4n) is 1.69. The fraction of sp³-hybridized carbons (Fsp3) is 0.889. The topological polar surface area (TPSA) is 74.7 Å². The molecule has 0 radical (unpaired) electrons. The smallest absolute Gasteiger partial charge is 0.323 e. The summed E-state index contributed by atoms with van der Waals surface area (Å²) in [7, 11) is -1.29. The van der Waals surface area contributed by atoms with E-state index in [0.29, 0.717) is 6.42 Å². The number of hydrogen-bond donors (Lipinski definition) is 1. The first-order valence-corrected chi connectivity index (χ1v) is 6.66. The van der Waals surface area contributed by atoms with Crippen LogP contribution < -0.4 is 0 Å². The third-order valence-corrected chi connectivity index (χ3v) is 4.91. The molecular weight excluding hydrogens is 218 g/mol. The van der Waals surface area contributed by atoms with Gasteiger partial charge in [-0.1, -0.05) is 0 Å². The summed E-state index contributed by atoms with van der Waals surface area (Å²) in [5.41, 5.74) is -1.02. The van der Waals surface area contributed by atoms with Crippen molar-refractivity contribution >= 4 is 15.8 Å². The second-order valence-electron chi connectivity index (χ2n) is 4.53. The summed E-state index contributed by atoms with van der Waals surface area (Å²) in [6.45, 7) is 3.17. The van der Waals surface area contributed by atoms with Crippen molar-refractivity contribution < 1.29 is 18.3 Å². The molecular formula is C9H17NO4S. The van der Waals surface area contributed by atoms with E-state index in [2.05, 4.69) is 0 Å². The van der Waals surface area contributed by atoms with Gasteiger partial charge in [0.1, 0.15) is 5.54 Å². The highest BCUT2D eigenvalue weighted by Crippen LogP contribution is 2.23. The Labute approximate surface area is 90.0 Å². The van der Waals surface area contributed by atoms with Gasteiger partial charge in [0.25, 0.3) is 0 Å². The van der Waals surface area contributed by atoms with E-state index in [-0.39, 0.29) is 17.5 Å². The van der Waals surface area contributed by atoms with Gasteiger partial charge in [-0.2, -0.15) is 0 Å². The minimum Gasteiger partial charge on any atom is -0.480 e. The summed E-state index contributed by atoms with van der Waals surface area (Å²) in [5, 5.41) is 9.01. The Morgan fingerprint density at radius 3 is 2.33 bits per heavy atom. The average molecular weight is 235 g/mol. The van der Waals surface area contributed by atoms with E-state index in [0.717, 1.165) is 0 Å². The molecule has 1 rings (SSSR count). The number of likely N-dealkylation sites (N-methyl/N-ethyl adjacent to an activating group) is 1. The maximum Gasteiger partial charge on any atom is 0.323 e. The van der Waals surface area contributed by atoms with E-state index in [1.54, 1.807) is 25.8 Å². The fourth-order valence-corrected chi connectivity index (χ4v) is 3.46. The first-order chi connectivity index (χ1) is 6.67. The molecule has 1 atom stereocenters. The van der Waals surface area contributed by atoms with Crippen molar-refractivity contribution in [3.05, 3.63) is 0 Å². The first-order valence-electron chi connectivity index (χ1n) is 4.83. The van der Waals surface area contributed by atoms with Gasteiger partial charge >= 0.3 is 5.97 Å². The quantitative estimate of drug-likeness (QED) is 0.743. The molecule has 0 bridgehead atoms. The van der Waals surface area contributed by atoms with E-state index < -0.39 is 21.3 Å². The summed E-state index contributed by atoms with van der Waals surface area (Å²) < 4.78 is 22.5. The highest BCUT2D eigenvalue weighted by molar-refractivity contribution is 7.91. The third-order valence-electron chi connectivity index (χ3n) is 3.16. The maximum absolute atomic E-state index is 11.3. The summed E-state index contributed by atoms with van der Waals surface area (Å²) >= 11 is 0. The van der Waals surface area contributed by atoms with Crippen LogP contribution in [0.1, 0.15) is 20.3 Å². The first kappa shape index (κ1) is 12.4. The molecule has 1 heterocycles. The summed E-state index contributed by atoms with van der Waals surface area (Å²) in [6.07, 6.45) is 0.523. The molecule has 5 nitrogen and oxygen atoms in total. The number of nitrogens with zero attached hydrogens (tertiary/aromatic N) is 1. The molecule has 6 heteroatoms. The van der Waals surface area contributed by atoms with Crippen molar-refractivity contribution in [1.82, 2.24) is 4.90 Å². The van der Waals surface area contributed by atoms with E-state index in [1.807, 2.05) is 0 Å². The van der Waals surface area contributed by atoms with Gasteiger partial charge in [0.2, 0.25) is 0 Å². The number of carboxylic acids is 1. The predicted molar refractivity (Wildman–Crippen MR) is 56.5 cm³/mol. The van der Waals surface area contributed by atoms with Crippen LogP contribution in [-0.2, 0) is 14.6 Å². The predicted octanol–water partition coefficient (Wildman–Crippen LogP) is -0.0315. The van der Waals surface area contributed by atoms with Gasteiger partial charge in [-0.15, -0.1) is 0 Å². The molecule has 0 aromatic carbocycles. The van der Waals surface area contributed by atoms with Crippen LogP contribution in [0.5, 0.6) is 0 Å². The van der Waals surface area contributed by atoms with E-state index in [1.165, 1.54) is 0 Å². The number of hydrogen-bond acceptors (Lipinski definition) is 4. The molecule has 0 spiro atoms. The van der Waals surface area contributed by atoms with Crippen molar-refractivity contribution in [2.45, 2.75) is 31.8 Å². The van der Waals surface area contributed by atoms with Gasteiger partial charge in [-0.3, -0.25) is 9.69 Å². The second kappa shape index (κ2) is 3.75. The Kier molecular flexibility index (Phi) is 3.11. The molecule has 1 aliphatic heterocycles. The van der Waals surface area contributed by atoms with Gasteiger partial charge in [0.05, 0.1) is 11.5 Å². The van der Waals surface area contributed by atoms with Crippen LogP contribution in [0.2, 0.25) is 0 Å². The number of sulfone groups is 1. The zero-order valence-corrected chi connectivity index (χ0v) is 10.0. The van der Waals surface area contributed by atoms with Gasteiger partial charge in [0, 0.05) is 6.04 Å². The van der Waals surface area contributed by atoms with Gasteiger partial charge < -0.3 is 5.11 Å². The van der Waals surface area contributed by atoms with Crippen LogP contribution in [0.3, 0.4) is 0 Å². The zero-order valence-electron chi connectivity index (χ0n) is 9.23. The normalized spacial score (nSPS) is 25.7. The minimum absolute atomic E-state index is 0.0697. The van der Waals surface area contributed by atoms with Crippen LogP contribution in [0.4, 0.5) is 0 Å². The van der Waals surface area contributed by atoms with Crippen LogP contribution in [0.25, 0.3) is 0 Å². The van der Waals surface area contributed by atoms with Crippen molar-refractivity contribution in [3.63, 3.8) is 0 Å². The van der Waals surface area contributed by atoms with E-state index in [9.17, 15) is 13.2 Å². The van der Waals surface area contributed by atoms with Crippen molar-refractivity contribution in [3.8, 4) is 0 Å². The molecule has 1 N–H and O–H groups in total. The number of carbonyl (C=O) groups is 1. The SMILES string of the molecule is CN(C1CCS(=O)(=O)C1)C(C)(C)C(=O)O. The standard InChI is InChI=1S/C9H17NO4S/c1-9(2,8(11)12)10(3)7-4-5-15(13,14)6-7/h7H,4-6H2,1-3H3,(H,11,12). The Morgan fingerprint density at radius 2 is 2.00 bits per heavy atom. The molecule has 1 unspecified atom stereocenters. The highest BCUT2D eigenvalue weighted by atomic mass is 32.2. The van der Waals surface area contributed by atoms with Crippen molar-refractivity contribution in [2.24, 2.45) is 0 Å². The van der Waals surface area contributed by atoms with Crippen molar-refractivity contribution in [1.29, 1.82) is 0 Å². The summed E-state index contributed by atoms with van der Waals surface area (Å²) in [4.78, 5) is 12.6. The Bertz CT molecular complexity index is 360. The molecule has 0 aromatic heterocycles. The Balaban J connectivity index is 2.79. The molecule has 0 saturated carbocycles. The number of aliphatic carboxylic acids is 1. The van der Waals surface area contributed by atoms with E-state index >= 15 is 0 Å². The van der Waals surface area contributed by atoms with Gasteiger partial charge in [-0.05, 0) is 27.3 Å². The lowest BCUT2D eigenvalue weighted by Gasteiger charge is -2.35. The molecule has 0 amide bonds. The highest BCUT2D eigenvalue weighted by Gasteiger charge is 2.40. The molecule has 1 aliphatic rings. The Morgan fingerprint density at radius 1 is 1.47 bits per heavy atom. The summed E-state index contributed by atoms with van der Waals surface area (Å²) in [6, 6.07) is -0.180.